The van der Waals surface area contributed by atoms with E-state index in [1.807, 2.05) is 11.8 Å². The average Bonchev–Trinajstić information content (AvgIpc) is 2.35. The first-order chi connectivity index (χ1) is 9.03. The Morgan fingerprint density at radius 1 is 0.895 bits per heavy atom. The van der Waals surface area contributed by atoms with Crippen molar-refractivity contribution in [1.29, 1.82) is 0 Å². The number of hydrogen-bond acceptors (Lipinski definition) is 5. The van der Waals surface area contributed by atoms with Gasteiger partial charge in [0.1, 0.15) is 0 Å². The van der Waals surface area contributed by atoms with Gasteiger partial charge in [-0.15, -0.1) is 0 Å². The zero-order chi connectivity index (χ0) is 13.5. The van der Waals surface area contributed by atoms with Gasteiger partial charge in [0, 0.05) is 16.4 Å². The van der Waals surface area contributed by atoms with E-state index in [1.54, 1.807) is 0 Å². The maximum Gasteiger partial charge on any atom is 0.217 e. The van der Waals surface area contributed by atoms with Gasteiger partial charge in [0.15, 0.2) is 0 Å². The van der Waals surface area contributed by atoms with Gasteiger partial charge in [-0.1, -0.05) is 12.8 Å². The van der Waals surface area contributed by atoms with Gasteiger partial charge in [-0.3, -0.25) is 0 Å². The van der Waals surface area contributed by atoms with Gasteiger partial charge in [-0.25, -0.2) is 0 Å². The van der Waals surface area contributed by atoms with Crippen LogP contribution in [0, 0.1) is 22.1 Å². The Bertz CT molecular complexity index is 322. The summed E-state index contributed by atoms with van der Waals surface area (Å²) in [6.07, 6.45) is 8.71. The molecule has 110 valence electrons. The number of thioether (sulfide) groups is 1. The summed E-state index contributed by atoms with van der Waals surface area (Å²) >= 11 is 2.05. The topological polar surface area (TPSA) is 78.4 Å². The summed E-state index contributed by atoms with van der Waals surface area (Å²) in [7, 11) is -4.28. The van der Waals surface area contributed by atoms with Crippen molar-refractivity contribution in [2.45, 2.75) is 68.0 Å². The van der Waals surface area contributed by atoms with Gasteiger partial charge in [-0.2, -0.15) is 25.7 Å². The van der Waals surface area contributed by atoms with E-state index in [1.165, 1.54) is 25.7 Å². The molecule has 5 atom stereocenters. The molecular formula is C13H21ClO4S. The van der Waals surface area contributed by atoms with E-state index in [2.05, 4.69) is 0 Å². The molecule has 5 unspecified atom stereocenters. The van der Waals surface area contributed by atoms with Gasteiger partial charge >= 0.3 is 0 Å². The van der Waals surface area contributed by atoms with Crippen LogP contribution in [0.5, 0.6) is 0 Å². The maximum atomic E-state index is 10.8. The zero-order valence-corrected chi connectivity index (χ0v) is 12.5. The third kappa shape index (κ3) is 3.39. The molecule has 0 aromatic rings. The van der Waals surface area contributed by atoms with E-state index in [0.29, 0.717) is 17.6 Å². The van der Waals surface area contributed by atoms with Gasteiger partial charge < -0.3 is 0 Å². The summed E-state index contributed by atoms with van der Waals surface area (Å²) in [4.78, 5) is 0. The summed E-state index contributed by atoms with van der Waals surface area (Å²) in [5, 5.41) is 1.25. The number of halogens is 1. The van der Waals surface area contributed by atoms with Crippen LogP contribution < -0.4 is 14.0 Å². The summed E-state index contributed by atoms with van der Waals surface area (Å²) in [6.45, 7) is 0. The van der Waals surface area contributed by atoms with Crippen molar-refractivity contribution in [2.75, 3.05) is 0 Å². The summed E-state index contributed by atoms with van der Waals surface area (Å²) in [6, 6.07) is 0. The lowest BCUT2D eigenvalue weighted by atomic mass is 9.75. The monoisotopic (exact) mass is 308 g/mol. The Kier molecular flexibility index (Phi) is 4.32. The van der Waals surface area contributed by atoms with Crippen LogP contribution in [0.3, 0.4) is 0 Å². The Hall–Kier alpha value is 0.480. The Morgan fingerprint density at radius 2 is 1.63 bits per heavy atom. The normalized spacial score (nSPS) is 43.4. The quantitative estimate of drug-likeness (QED) is 0.725. The molecule has 0 amide bonds. The predicted molar refractivity (Wildman–Crippen MR) is 64.0 cm³/mol. The third-order valence-corrected chi connectivity index (χ3v) is 7.27. The second-order valence-electron chi connectivity index (χ2n) is 6.09. The molecule has 2 saturated carbocycles. The van der Waals surface area contributed by atoms with Crippen LogP contribution in [0.4, 0.5) is 0 Å². The highest BCUT2D eigenvalue weighted by atomic mass is 35.7. The van der Waals surface area contributed by atoms with E-state index >= 15 is 0 Å². The molecular weight excluding hydrogens is 288 g/mol. The Morgan fingerprint density at radius 3 is 2.42 bits per heavy atom. The maximum absolute atomic E-state index is 10.8. The molecule has 1 aliphatic heterocycles. The fraction of sp³-hybridized carbons (Fsp3) is 1.00. The smallest absolute Gasteiger partial charge is 0.183 e. The van der Waals surface area contributed by atoms with E-state index in [0.717, 1.165) is 24.5 Å². The van der Waals surface area contributed by atoms with Gasteiger partial charge in [-0.05, 0) is 44.4 Å². The fourth-order valence-corrected chi connectivity index (χ4v) is 6.62. The molecule has 6 heteroatoms. The van der Waals surface area contributed by atoms with Crippen LogP contribution in [0.25, 0.3) is 0 Å². The minimum atomic E-state index is -4.28. The fourth-order valence-electron chi connectivity index (χ4n) is 4.11. The van der Waals surface area contributed by atoms with Crippen molar-refractivity contribution in [3.63, 3.8) is 0 Å². The highest BCUT2D eigenvalue weighted by Gasteiger charge is 2.48. The standard InChI is InChI=1S/C13H21ClO4S/c15-14(16,17)18-11-5-3-7-13-10(11)8-9-4-1-2-6-12(9)19-13/h9-13H,1-8H2. The molecule has 0 spiro atoms. The molecule has 2 aliphatic carbocycles. The first kappa shape index (κ1) is 14.4. The van der Waals surface area contributed by atoms with E-state index in [9.17, 15) is 14.0 Å². The molecule has 1 heterocycles. The second-order valence-corrected chi connectivity index (χ2v) is 8.51. The van der Waals surface area contributed by atoms with Crippen molar-refractivity contribution < 1.29 is 28.5 Å². The molecule has 0 radical (unpaired) electrons. The second kappa shape index (κ2) is 5.70. The summed E-state index contributed by atoms with van der Waals surface area (Å²) < 4.78 is 37.3. The van der Waals surface area contributed by atoms with Crippen molar-refractivity contribution in [2.24, 2.45) is 11.8 Å². The minimum Gasteiger partial charge on any atom is -0.183 e. The molecule has 3 fully saturated rings. The van der Waals surface area contributed by atoms with Crippen LogP contribution in [0.2, 0.25) is 0 Å². The number of fused-ring (bicyclic) bond motifs is 2. The van der Waals surface area contributed by atoms with E-state index in [-0.39, 0.29) is 12.0 Å². The van der Waals surface area contributed by atoms with Crippen LogP contribution >= 0.6 is 11.8 Å². The average molecular weight is 309 g/mol. The molecule has 0 bridgehead atoms. The minimum absolute atomic E-state index is 0.259. The van der Waals surface area contributed by atoms with Crippen LogP contribution in [-0.2, 0) is 4.29 Å². The first-order valence-electron chi connectivity index (χ1n) is 7.27. The van der Waals surface area contributed by atoms with Crippen LogP contribution in [0.1, 0.15) is 51.4 Å². The third-order valence-electron chi connectivity index (χ3n) is 4.92. The molecule has 4 nitrogen and oxygen atoms in total. The predicted octanol–water partition coefficient (Wildman–Crippen LogP) is 0.133. The van der Waals surface area contributed by atoms with E-state index in [4.69, 9.17) is 4.29 Å². The van der Waals surface area contributed by atoms with Crippen LogP contribution in [-0.4, -0.2) is 16.6 Å². The van der Waals surface area contributed by atoms with E-state index < -0.39 is 10.2 Å². The summed E-state index contributed by atoms with van der Waals surface area (Å²) in [5.41, 5.74) is 0. The highest BCUT2D eigenvalue weighted by Crippen LogP contribution is 2.51. The lowest BCUT2D eigenvalue weighted by Crippen LogP contribution is -2.63. The van der Waals surface area contributed by atoms with Gasteiger partial charge in [0.25, 0.3) is 0 Å². The zero-order valence-electron chi connectivity index (χ0n) is 11.0. The summed E-state index contributed by atoms with van der Waals surface area (Å²) in [5.74, 6) is 0.963. The molecule has 1 saturated heterocycles. The molecule has 0 aromatic carbocycles. The van der Waals surface area contributed by atoms with Crippen LogP contribution in [0.15, 0.2) is 0 Å². The molecule has 3 aliphatic rings. The largest absolute Gasteiger partial charge is 0.217 e. The van der Waals surface area contributed by atoms with Crippen molar-refractivity contribution in [3.8, 4) is 0 Å². The van der Waals surface area contributed by atoms with Gasteiger partial charge in [0.2, 0.25) is 6.10 Å². The molecule has 0 N–H and O–H groups in total. The highest BCUT2D eigenvalue weighted by molar-refractivity contribution is 8.00. The number of rotatable bonds is 2. The molecule has 19 heavy (non-hydrogen) atoms. The SMILES string of the molecule is [O-][Cl+3]([O-])([O-])OC1CCCC2SC3CCCCC3CC12. The van der Waals surface area contributed by atoms with Crippen molar-refractivity contribution in [3.05, 3.63) is 0 Å². The first-order valence-corrected chi connectivity index (χ1v) is 9.45. The Balaban J connectivity index is 1.68. The number of hydrogen-bond donors (Lipinski definition) is 0. The Labute approximate surface area is 120 Å². The molecule has 0 aromatic heterocycles. The van der Waals surface area contributed by atoms with Crippen molar-refractivity contribution in [1.82, 2.24) is 0 Å². The lowest BCUT2D eigenvalue weighted by molar-refractivity contribution is -1.92. The lowest BCUT2D eigenvalue weighted by Gasteiger charge is -2.46. The van der Waals surface area contributed by atoms with Crippen molar-refractivity contribution >= 4 is 11.8 Å². The van der Waals surface area contributed by atoms with Gasteiger partial charge in [0.05, 0.1) is 14.5 Å². The molecule has 3 rings (SSSR count).